The smallest absolute Gasteiger partial charge is 0.332 e. The number of furan rings is 1. The standard InChI is InChI=1S/C15H13N7O5/c1-20-11-10(13(24)21(2)15(20)25)22(7-16-11)6-9(23)17-14-19-18-12(27-14)8-4-3-5-26-8/h3-5,7H,6H2,1-2H3,(H,17,19,23). The summed E-state index contributed by atoms with van der Waals surface area (Å²) in [4.78, 5) is 40.6. The van der Waals surface area contributed by atoms with E-state index in [-0.39, 0.29) is 29.6 Å². The van der Waals surface area contributed by atoms with Crippen LogP contribution in [0.5, 0.6) is 0 Å². The molecule has 0 aliphatic carbocycles. The van der Waals surface area contributed by atoms with Gasteiger partial charge >= 0.3 is 11.7 Å². The van der Waals surface area contributed by atoms with Crippen LogP contribution in [0.15, 0.2) is 43.1 Å². The van der Waals surface area contributed by atoms with E-state index >= 15 is 0 Å². The molecule has 4 aromatic rings. The van der Waals surface area contributed by atoms with E-state index in [1.807, 2.05) is 0 Å². The molecule has 0 aliphatic heterocycles. The first-order valence-electron chi connectivity index (χ1n) is 7.74. The van der Waals surface area contributed by atoms with Crippen molar-refractivity contribution in [1.82, 2.24) is 28.9 Å². The van der Waals surface area contributed by atoms with Gasteiger partial charge in [0.25, 0.3) is 11.4 Å². The fourth-order valence-corrected chi connectivity index (χ4v) is 2.60. The molecule has 12 nitrogen and oxygen atoms in total. The van der Waals surface area contributed by atoms with Crippen molar-refractivity contribution in [2.45, 2.75) is 6.54 Å². The SMILES string of the molecule is Cn1c(=O)c2c(ncn2CC(=O)Nc2nnc(-c3ccco3)o2)n(C)c1=O. The average Bonchev–Trinajstić information content (AvgIpc) is 3.38. The minimum atomic E-state index is -0.545. The Hall–Kier alpha value is -3.96. The lowest BCUT2D eigenvalue weighted by Crippen LogP contribution is -2.37. The molecule has 0 aromatic carbocycles. The lowest BCUT2D eigenvalue weighted by molar-refractivity contribution is -0.116. The molecule has 0 saturated heterocycles. The largest absolute Gasteiger partial charge is 0.459 e. The van der Waals surface area contributed by atoms with E-state index in [1.165, 1.54) is 35.8 Å². The van der Waals surface area contributed by atoms with E-state index in [9.17, 15) is 14.4 Å². The second-order valence-electron chi connectivity index (χ2n) is 5.69. The molecule has 0 unspecified atom stereocenters. The number of carbonyl (C=O) groups is 1. The van der Waals surface area contributed by atoms with Crippen LogP contribution >= 0.6 is 0 Å². The van der Waals surface area contributed by atoms with E-state index in [0.717, 1.165) is 4.57 Å². The maximum Gasteiger partial charge on any atom is 0.332 e. The third-order valence-corrected chi connectivity index (χ3v) is 3.93. The number of amides is 1. The van der Waals surface area contributed by atoms with Crippen LogP contribution in [-0.4, -0.2) is 34.8 Å². The van der Waals surface area contributed by atoms with Crippen molar-refractivity contribution in [3.8, 4) is 11.7 Å². The molecule has 0 saturated carbocycles. The van der Waals surface area contributed by atoms with Crippen molar-refractivity contribution >= 4 is 23.1 Å². The van der Waals surface area contributed by atoms with Gasteiger partial charge in [0.1, 0.15) is 6.54 Å². The average molecular weight is 371 g/mol. The highest BCUT2D eigenvalue weighted by Crippen LogP contribution is 2.19. The van der Waals surface area contributed by atoms with Crippen LogP contribution in [0.3, 0.4) is 0 Å². The van der Waals surface area contributed by atoms with E-state index < -0.39 is 17.2 Å². The Balaban J connectivity index is 1.59. The fraction of sp³-hybridized carbons (Fsp3) is 0.200. The number of hydrogen-bond acceptors (Lipinski definition) is 8. The molecule has 1 amide bonds. The Labute approximate surface area is 149 Å². The number of imidazole rings is 1. The van der Waals surface area contributed by atoms with Gasteiger partial charge in [0.2, 0.25) is 5.91 Å². The van der Waals surface area contributed by atoms with Crippen LogP contribution in [0.2, 0.25) is 0 Å². The molecule has 0 atom stereocenters. The van der Waals surface area contributed by atoms with Crippen LogP contribution in [0.1, 0.15) is 0 Å². The molecule has 4 heterocycles. The third kappa shape index (κ3) is 2.72. The fourth-order valence-electron chi connectivity index (χ4n) is 2.60. The number of rotatable bonds is 4. The zero-order valence-corrected chi connectivity index (χ0v) is 14.2. The number of carbonyl (C=O) groups excluding carboxylic acids is 1. The minimum Gasteiger partial charge on any atom is -0.459 e. The highest BCUT2D eigenvalue weighted by atomic mass is 16.4. The normalized spacial score (nSPS) is 11.2. The maximum absolute atomic E-state index is 12.4. The monoisotopic (exact) mass is 371 g/mol. The molecule has 138 valence electrons. The Kier molecular flexibility index (Phi) is 3.72. The molecular formula is C15H13N7O5. The molecule has 0 fully saturated rings. The quantitative estimate of drug-likeness (QED) is 0.516. The van der Waals surface area contributed by atoms with Crippen LogP contribution in [0.4, 0.5) is 6.01 Å². The van der Waals surface area contributed by atoms with Crippen molar-refractivity contribution in [3.05, 3.63) is 45.6 Å². The van der Waals surface area contributed by atoms with Gasteiger partial charge in [-0.05, 0) is 12.1 Å². The first-order valence-corrected chi connectivity index (χ1v) is 7.74. The molecule has 0 bridgehead atoms. The number of aromatic nitrogens is 6. The topological polar surface area (TPSA) is 143 Å². The van der Waals surface area contributed by atoms with Crippen molar-refractivity contribution in [2.24, 2.45) is 14.1 Å². The van der Waals surface area contributed by atoms with E-state index in [0.29, 0.717) is 5.76 Å². The highest BCUT2D eigenvalue weighted by molar-refractivity contribution is 5.89. The number of fused-ring (bicyclic) bond motifs is 1. The second-order valence-corrected chi connectivity index (χ2v) is 5.69. The molecule has 0 radical (unpaired) electrons. The number of hydrogen-bond donors (Lipinski definition) is 1. The molecule has 0 spiro atoms. The van der Waals surface area contributed by atoms with E-state index in [1.54, 1.807) is 12.1 Å². The van der Waals surface area contributed by atoms with Gasteiger partial charge in [0, 0.05) is 14.1 Å². The van der Waals surface area contributed by atoms with Crippen molar-refractivity contribution in [2.75, 3.05) is 5.32 Å². The van der Waals surface area contributed by atoms with Crippen LogP contribution in [0.25, 0.3) is 22.8 Å². The Morgan fingerprint density at radius 1 is 1.22 bits per heavy atom. The molecule has 27 heavy (non-hydrogen) atoms. The maximum atomic E-state index is 12.4. The molecule has 4 aromatic heterocycles. The number of nitrogens with one attached hydrogen (secondary N) is 1. The number of aryl methyl sites for hydroxylation is 1. The summed E-state index contributed by atoms with van der Waals surface area (Å²) in [5, 5.41) is 9.93. The Bertz CT molecular complexity index is 1260. The summed E-state index contributed by atoms with van der Waals surface area (Å²) >= 11 is 0. The van der Waals surface area contributed by atoms with Crippen LogP contribution < -0.4 is 16.6 Å². The third-order valence-electron chi connectivity index (χ3n) is 3.93. The molecule has 12 heteroatoms. The van der Waals surface area contributed by atoms with Gasteiger partial charge in [-0.25, -0.2) is 9.78 Å². The van der Waals surface area contributed by atoms with Gasteiger partial charge in [-0.15, -0.1) is 5.10 Å². The summed E-state index contributed by atoms with van der Waals surface area (Å²) in [5.41, 5.74) is -0.722. The zero-order valence-electron chi connectivity index (χ0n) is 14.2. The van der Waals surface area contributed by atoms with E-state index in [4.69, 9.17) is 8.83 Å². The first kappa shape index (κ1) is 16.5. The van der Waals surface area contributed by atoms with Crippen molar-refractivity contribution in [1.29, 1.82) is 0 Å². The molecule has 1 N–H and O–H groups in total. The van der Waals surface area contributed by atoms with Gasteiger partial charge < -0.3 is 13.4 Å². The number of anilines is 1. The zero-order chi connectivity index (χ0) is 19.1. The predicted octanol–water partition coefficient (Wildman–Crippen LogP) is -0.285. The van der Waals surface area contributed by atoms with Crippen molar-refractivity contribution < 1.29 is 13.6 Å². The van der Waals surface area contributed by atoms with Crippen molar-refractivity contribution in [3.63, 3.8) is 0 Å². The van der Waals surface area contributed by atoms with Gasteiger partial charge in [0.05, 0.1) is 12.6 Å². The van der Waals surface area contributed by atoms with Crippen LogP contribution in [-0.2, 0) is 25.4 Å². The highest BCUT2D eigenvalue weighted by Gasteiger charge is 2.17. The molecule has 0 aliphatic rings. The summed E-state index contributed by atoms with van der Waals surface area (Å²) in [7, 11) is 2.85. The van der Waals surface area contributed by atoms with Crippen LogP contribution in [0, 0.1) is 0 Å². The number of nitrogens with zero attached hydrogens (tertiary/aromatic N) is 6. The van der Waals surface area contributed by atoms with Gasteiger partial charge in [-0.2, -0.15) is 0 Å². The summed E-state index contributed by atoms with van der Waals surface area (Å²) in [6, 6.07) is 3.18. The minimum absolute atomic E-state index is 0.115. The summed E-state index contributed by atoms with van der Waals surface area (Å²) in [6.07, 6.45) is 2.77. The van der Waals surface area contributed by atoms with Gasteiger partial charge in [-0.1, -0.05) is 5.10 Å². The first-order chi connectivity index (χ1) is 13.0. The van der Waals surface area contributed by atoms with Gasteiger partial charge in [0.15, 0.2) is 16.9 Å². The Morgan fingerprint density at radius 3 is 2.78 bits per heavy atom. The summed E-state index contributed by atoms with van der Waals surface area (Å²) in [6.45, 7) is -0.234. The summed E-state index contributed by atoms with van der Waals surface area (Å²) < 4.78 is 14.0. The predicted molar refractivity (Wildman–Crippen MR) is 90.8 cm³/mol. The Morgan fingerprint density at radius 2 is 2.04 bits per heavy atom. The van der Waals surface area contributed by atoms with Gasteiger partial charge in [-0.3, -0.25) is 24.0 Å². The lowest BCUT2D eigenvalue weighted by atomic mass is 10.4. The molecular weight excluding hydrogens is 358 g/mol. The molecule has 4 rings (SSSR count). The second kappa shape index (κ2) is 6.09. The van der Waals surface area contributed by atoms with E-state index in [2.05, 4.69) is 20.5 Å². The lowest BCUT2D eigenvalue weighted by Gasteiger charge is -2.06. The summed E-state index contributed by atoms with van der Waals surface area (Å²) in [5.74, 6) is -0.0277.